The Labute approximate surface area is 154 Å². The molecule has 1 aromatic carbocycles. The van der Waals surface area contributed by atoms with Gasteiger partial charge in [0.15, 0.2) is 0 Å². The van der Waals surface area contributed by atoms with Crippen LogP contribution in [0.25, 0.3) is 20.9 Å². The lowest BCUT2D eigenvalue weighted by atomic mass is 9.98. The number of hydrogen-bond acceptors (Lipinski definition) is 2. The van der Waals surface area contributed by atoms with Crippen molar-refractivity contribution in [2.24, 2.45) is 0 Å². The van der Waals surface area contributed by atoms with Crippen molar-refractivity contribution in [1.29, 1.82) is 0 Å². The molecular weight excluding hydrogens is 510 g/mol. The molecule has 0 radical (unpaired) electrons. The highest BCUT2D eigenvalue weighted by atomic mass is 127. The summed E-state index contributed by atoms with van der Waals surface area (Å²) in [5.74, 6) is 0. The van der Waals surface area contributed by atoms with Gasteiger partial charge in [-0.05, 0) is 118 Å². The molecule has 0 nitrogen and oxygen atoms in total. The minimum Gasteiger partial charge on any atom is -0.129 e. The maximum Gasteiger partial charge on any atom is 0.0660 e. The molecule has 3 aromatic rings. The summed E-state index contributed by atoms with van der Waals surface area (Å²) in [6.45, 7) is 4.42. The Morgan fingerprint density at radius 1 is 0.700 bits per heavy atom. The molecule has 0 aliphatic heterocycles. The standard InChI is InChI=1S/C16H12I2S2/c1-9-7-12(14-4-6-16(18)20-14)10(2)8-11(9)13-3-5-15(17)19-13/h3-8H,1-2H3. The van der Waals surface area contributed by atoms with E-state index < -0.39 is 0 Å². The first-order valence-electron chi connectivity index (χ1n) is 6.17. The molecule has 0 N–H and O–H groups in total. The third-order valence-electron chi connectivity index (χ3n) is 3.25. The van der Waals surface area contributed by atoms with Crippen LogP contribution in [0.1, 0.15) is 11.1 Å². The van der Waals surface area contributed by atoms with Crippen LogP contribution < -0.4 is 0 Å². The Morgan fingerprint density at radius 2 is 1.10 bits per heavy atom. The molecule has 0 aliphatic carbocycles. The fourth-order valence-electron chi connectivity index (χ4n) is 2.27. The third-order valence-corrected chi connectivity index (χ3v) is 7.10. The first-order valence-corrected chi connectivity index (χ1v) is 9.96. The molecule has 2 aromatic heterocycles. The summed E-state index contributed by atoms with van der Waals surface area (Å²) < 4.78 is 2.68. The molecule has 0 bridgehead atoms. The van der Waals surface area contributed by atoms with Crippen LogP contribution in [-0.4, -0.2) is 0 Å². The van der Waals surface area contributed by atoms with Crippen molar-refractivity contribution in [2.45, 2.75) is 13.8 Å². The second-order valence-corrected chi connectivity index (χ2v) is 10.6. The molecule has 0 saturated heterocycles. The highest BCUT2D eigenvalue weighted by Crippen LogP contribution is 2.37. The van der Waals surface area contributed by atoms with Gasteiger partial charge in [-0.15, -0.1) is 22.7 Å². The van der Waals surface area contributed by atoms with Crippen LogP contribution in [0, 0.1) is 19.6 Å². The summed E-state index contributed by atoms with van der Waals surface area (Å²) >= 11 is 8.49. The molecule has 3 rings (SSSR count). The highest BCUT2D eigenvalue weighted by Gasteiger charge is 2.11. The van der Waals surface area contributed by atoms with Gasteiger partial charge in [-0.1, -0.05) is 0 Å². The van der Waals surface area contributed by atoms with Crippen molar-refractivity contribution in [3.8, 4) is 20.9 Å². The SMILES string of the molecule is Cc1cc(-c2ccc(I)s2)c(C)cc1-c1ccc(I)s1. The molecule has 0 amide bonds. The first-order chi connectivity index (χ1) is 9.54. The lowest BCUT2D eigenvalue weighted by molar-refractivity contribution is 1.41. The minimum atomic E-state index is 1.34. The van der Waals surface area contributed by atoms with Gasteiger partial charge in [0.2, 0.25) is 0 Å². The zero-order valence-corrected chi connectivity index (χ0v) is 17.0. The average molecular weight is 522 g/mol. The van der Waals surface area contributed by atoms with Crippen LogP contribution in [-0.2, 0) is 0 Å². The Bertz CT molecular complexity index is 703. The average Bonchev–Trinajstić information content (AvgIpc) is 3.00. The van der Waals surface area contributed by atoms with E-state index in [2.05, 4.69) is 95.4 Å². The Hall–Kier alpha value is 0.0800. The van der Waals surface area contributed by atoms with Crippen molar-refractivity contribution in [2.75, 3.05) is 0 Å². The van der Waals surface area contributed by atoms with E-state index in [4.69, 9.17) is 0 Å². The Balaban J connectivity index is 2.11. The maximum absolute atomic E-state index is 2.39. The number of thiophene rings is 2. The first kappa shape index (κ1) is 15.0. The van der Waals surface area contributed by atoms with Gasteiger partial charge in [0.05, 0.1) is 5.77 Å². The molecule has 102 valence electrons. The number of halogens is 2. The molecular formula is C16H12I2S2. The molecule has 0 unspecified atom stereocenters. The normalized spacial score (nSPS) is 11.0. The molecule has 2 heterocycles. The number of rotatable bonds is 2. The molecule has 0 spiro atoms. The fourth-order valence-corrected chi connectivity index (χ4v) is 5.67. The Kier molecular flexibility index (Phi) is 4.54. The van der Waals surface area contributed by atoms with Gasteiger partial charge in [0, 0.05) is 9.75 Å². The highest BCUT2D eigenvalue weighted by molar-refractivity contribution is 14.1. The number of aryl methyl sites for hydroxylation is 2. The number of hydrogen-bond donors (Lipinski definition) is 0. The van der Waals surface area contributed by atoms with E-state index in [0.717, 1.165) is 0 Å². The van der Waals surface area contributed by atoms with Crippen LogP contribution in [0.5, 0.6) is 0 Å². The quantitative estimate of drug-likeness (QED) is 0.319. The van der Waals surface area contributed by atoms with Crippen LogP contribution >= 0.6 is 67.9 Å². The zero-order chi connectivity index (χ0) is 14.3. The summed E-state index contributed by atoms with van der Waals surface area (Å²) in [6.07, 6.45) is 0. The predicted octanol–water partition coefficient (Wildman–Crippen LogP) is 6.97. The fraction of sp³-hybridized carbons (Fsp3) is 0.125. The van der Waals surface area contributed by atoms with Gasteiger partial charge in [-0.2, -0.15) is 0 Å². The number of benzene rings is 1. The second-order valence-electron chi connectivity index (χ2n) is 4.69. The van der Waals surface area contributed by atoms with Crippen molar-refractivity contribution in [3.05, 3.63) is 53.3 Å². The largest absolute Gasteiger partial charge is 0.129 e. The lowest BCUT2D eigenvalue weighted by Gasteiger charge is -2.10. The summed E-state index contributed by atoms with van der Waals surface area (Å²) in [4.78, 5) is 2.73. The monoisotopic (exact) mass is 522 g/mol. The van der Waals surface area contributed by atoms with E-state index in [9.17, 15) is 0 Å². The van der Waals surface area contributed by atoms with Gasteiger partial charge < -0.3 is 0 Å². The zero-order valence-electron chi connectivity index (χ0n) is 11.0. The van der Waals surface area contributed by atoms with Crippen LogP contribution in [0.3, 0.4) is 0 Å². The summed E-state index contributed by atoms with van der Waals surface area (Å²) in [5, 5.41) is 0. The van der Waals surface area contributed by atoms with Crippen LogP contribution in [0.2, 0.25) is 0 Å². The van der Waals surface area contributed by atoms with Crippen molar-refractivity contribution in [3.63, 3.8) is 0 Å². The van der Waals surface area contributed by atoms with Crippen molar-refractivity contribution in [1.82, 2.24) is 0 Å². The van der Waals surface area contributed by atoms with Crippen LogP contribution in [0.4, 0.5) is 0 Å². The van der Waals surface area contributed by atoms with E-state index in [1.54, 1.807) is 0 Å². The molecule has 0 saturated carbocycles. The third kappa shape index (κ3) is 2.98. The smallest absolute Gasteiger partial charge is 0.0660 e. The molecule has 4 heteroatoms. The summed E-state index contributed by atoms with van der Waals surface area (Å²) in [7, 11) is 0. The van der Waals surface area contributed by atoms with Crippen molar-refractivity contribution < 1.29 is 0 Å². The second kappa shape index (κ2) is 6.06. The molecule has 0 fully saturated rings. The maximum atomic E-state index is 2.39. The van der Waals surface area contributed by atoms with E-state index in [1.807, 2.05) is 22.7 Å². The topological polar surface area (TPSA) is 0 Å². The van der Waals surface area contributed by atoms with Crippen LogP contribution in [0.15, 0.2) is 36.4 Å². The van der Waals surface area contributed by atoms with E-state index in [0.29, 0.717) is 0 Å². The molecule has 0 aliphatic rings. The predicted molar refractivity (Wildman–Crippen MR) is 108 cm³/mol. The molecule has 20 heavy (non-hydrogen) atoms. The Morgan fingerprint density at radius 3 is 1.40 bits per heavy atom. The molecule has 0 atom stereocenters. The van der Waals surface area contributed by atoms with Gasteiger partial charge >= 0.3 is 0 Å². The van der Waals surface area contributed by atoms with Gasteiger partial charge in [-0.3, -0.25) is 0 Å². The van der Waals surface area contributed by atoms with E-state index in [1.165, 1.54) is 37.8 Å². The minimum absolute atomic E-state index is 1.34. The van der Waals surface area contributed by atoms with Gasteiger partial charge in [0.1, 0.15) is 0 Å². The van der Waals surface area contributed by atoms with E-state index >= 15 is 0 Å². The van der Waals surface area contributed by atoms with E-state index in [-0.39, 0.29) is 0 Å². The summed E-state index contributed by atoms with van der Waals surface area (Å²) in [5.41, 5.74) is 5.44. The summed E-state index contributed by atoms with van der Waals surface area (Å²) in [6, 6.07) is 13.5. The van der Waals surface area contributed by atoms with Gasteiger partial charge in [0.25, 0.3) is 0 Å². The van der Waals surface area contributed by atoms with Crippen molar-refractivity contribution >= 4 is 67.9 Å². The lowest BCUT2D eigenvalue weighted by Crippen LogP contribution is -1.87. The van der Waals surface area contributed by atoms with Gasteiger partial charge in [-0.25, -0.2) is 0 Å².